The van der Waals surface area contributed by atoms with Crippen LogP contribution in [0.5, 0.6) is 0 Å². The van der Waals surface area contributed by atoms with E-state index in [2.05, 4.69) is 0 Å². The second-order valence-corrected chi connectivity index (χ2v) is 7.25. The van der Waals surface area contributed by atoms with Gasteiger partial charge in [-0.25, -0.2) is 8.42 Å². The van der Waals surface area contributed by atoms with Gasteiger partial charge in [0.25, 0.3) is 0 Å². The van der Waals surface area contributed by atoms with Crippen molar-refractivity contribution in [1.29, 1.82) is 0 Å². The van der Waals surface area contributed by atoms with Crippen molar-refractivity contribution >= 4 is 9.84 Å². The lowest BCUT2D eigenvalue weighted by atomic mass is 10.0. The van der Waals surface area contributed by atoms with Crippen LogP contribution in [0.4, 0.5) is 0 Å². The summed E-state index contributed by atoms with van der Waals surface area (Å²) in [6.07, 6.45) is 5.57. The Labute approximate surface area is 108 Å². The van der Waals surface area contributed by atoms with Crippen molar-refractivity contribution in [3.8, 4) is 0 Å². The van der Waals surface area contributed by atoms with E-state index >= 15 is 0 Å². The number of hydrogen-bond donors (Lipinski definition) is 1. The summed E-state index contributed by atoms with van der Waals surface area (Å²) in [5.41, 5.74) is 7.07. The molecule has 18 heavy (non-hydrogen) atoms. The van der Waals surface area contributed by atoms with E-state index in [1.165, 1.54) is 0 Å². The average Bonchev–Trinajstić information content (AvgIpc) is 2.34. The summed E-state index contributed by atoms with van der Waals surface area (Å²) >= 11 is 0. The molecule has 0 spiro atoms. The van der Waals surface area contributed by atoms with Gasteiger partial charge in [-0.15, -0.1) is 0 Å². The molecular formula is C14H17NO2S. The van der Waals surface area contributed by atoms with E-state index in [1.807, 2.05) is 30.3 Å². The van der Waals surface area contributed by atoms with Crippen LogP contribution in [0.2, 0.25) is 0 Å². The van der Waals surface area contributed by atoms with Crippen LogP contribution in [0.3, 0.4) is 0 Å². The van der Waals surface area contributed by atoms with Gasteiger partial charge < -0.3 is 5.73 Å². The van der Waals surface area contributed by atoms with Crippen LogP contribution < -0.4 is 5.73 Å². The molecule has 0 radical (unpaired) electrons. The third-order valence-corrected chi connectivity index (χ3v) is 5.72. The van der Waals surface area contributed by atoms with Gasteiger partial charge >= 0.3 is 0 Å². The molecule has 2 N–H and O–H groups in total. The Bertz CT molecular complexity index is 587. The molecular weight excluding hydrogens is 246 g/mol. The van der Waals surface area contributed by atoms with Crippen molar-refractivity contribution in [3.63, 3.8) is 0 Å². The molecule has 1 aromatic rings. The Hall–Kier alpha value is -1.55. The minimum absolute atomic E-state index is 0.0580. The van der Waals surface area contributed by atoms with E-state index in [-0.39, 0.29) is 5.75 Å². The number of allylic oxidation sites excluding steroid dienone is 2. The maximum atomic E-state index is 12.5. The Morgan fingerprint density at radius 3 is 2.50 bits per heavy atom. The lowest BCUT2D eigenvalue weighted by Crippen LogP contribution is -2.35. The Morgan fingerprint density at radius 1 is 1.28 bits per heavy atom. The molecule has 1 aliphatic carbocycles. The van der Waals surface area contributed by atoms with Crippen molar-refractivity contribution in [2.45, 2.75) is 23.8 Å². The van der Waals surface area contributed by atoms with Gasteiger partial charge in [-0.1, -0.05) is 42.5 Å². The van der Waals surface area contributed by atoms with Crippen molar-refractivity contribution in [1.82, 2.24) is 0 Å². The molecule has 0 aromatic heterocycles. The Morgan fingerprint density at radius 2 is 1.94 bits per heavy atom. The van der Waals surface area contributed by atoms with Crippen LogP contribution in [-0.2, 0) is 15.6 Å². The molecule has 3 nitrogen and oxygen atoms in total. The van der Waals surface area contributed by atoms with Crippen LogP contribution >= 0.6 is 0 Å². The standard InChI is InChI=1S/C14H17NO2S/c1-14(9-7-13(15)8-10-14)18(16,17)11-12-5-3-2-4-6-12/h2-9H,10-11,15H2,1H3. The summed E-state index contributed by atoms with van der Waals surface area (Å²) < 4.78 is 24.1. The number of sulfone groups is 1. The normalized spacial score (nSPS) is 23.7. The van der Waals surface area contributed by atoms with Crippen LogP contribution in [0, 0.1) is 0 Å². The van der Waals surface area contributed by atoms with Gasteiger partial charge in [-0.2, -0.15) is 0 Å². The molecule has 96 valence electrons. The molecule has 0 aliphatic heterocycles. The first-order valence-corrected chi connectivity index (χ1v) is 7.49. The monoisotopic (exact) mass is 263 g/mol. The summed E-state index contributed by atoms with van der Waals surface area (Å²) in [5, 5.41) is 0. The molecule has 0 amide bonds. The topological polar surface area (TPSA) is 60.2 Å². The van der Waals surface area contributed by atoms with Crippen molar-refractivity contribution in [2.75, 3.05) is 0 Å². The molecule has 0 heterocycles. The molecule has 0 bridgehead atoms. The minimum Gasteiger partial charge on any atom is -0.399 e. The first-order valence-electron chi connectivity index (χ1n) is 5.84. The SMILES string of the molecule is CC1(S(=O)(=O)Cc2ccccc2)C=CC(N)=CC1. The zero-order valence-corrected chi connectivity index (χ0v) is 11.2. The van der Waals surface area contributed by atoms with Crippen molar-refractivity contribution in [2.24, 2.45) is 5.73 Å². The van der Waals surface area contributed by atoms with Crippen LogP contribution in [0.15, 0.2) is 54.3 Å². The molecule has 4 heteroatoms. The molecule has 1 unspecified atom stereocenters. The first kappa shape index (κ1) is 12.9. The van der Waals surface area contributed by atoms with Crippen molar-refractivity contribution in [3.05, 3.63) is 59.8 Å². The number of rotatable bonds is 3. The quantitative estimate of drug-likeness (QED) is 0.909. The summed E-state index contributed by atoms with van der Waals surface area (Å²) in [4.78, 5) is 0. The molecule has 1 aromatic carbocycles. The molecule has 1 atom stereocenters. The van der Waals surface area contributed by atoms with Crippen LogP contribution in [0.25, 0.3) is 0 Å². The second kappa shape index (κ2) is 4.61. The summed E-state index contributed by atoms with van der Waals surface area (Å²) in [6, 6.07) is 9.24. The molecule has 2 rings (SSSR count). The summed E-state index contributed by atoms with van der Waals surface area (Å²) in [6.45, 7) is 1.74. The number of nitrogens with two attached hydrogens (primary N) is 1. The first-order chi connectivity index (χ1) is 8.43. The van der Waals surface area contributed by atoms with Crippen LogP contribution in [0.1, 0.15) is 18.9 Å². The highest BCUT2D eigenvalue weighted by Gasteiger charge is 2.36. The lowest BCUT2D eigenvalue weighted by Gasteiger charge is -2.27. The molecule has 0 saturated heterocycles. The van der Waals surface area contributed by atoms with Gasteiger partial charge in [0.15, 0.2) is 9.84 Å². The summed E-state index contributed by atoms with van der Waals surface area (Å²) in [7, 11) is -3.25. The Balaban J connectivity index is 2.25. The fourth-order valence-corrected chi connectivity index (χ4v) is 3.49. The highest BCUT2D eigenvalue weighted by molar-refractivity contribution is 7.92. The lowest BCUT2D eigenvalue weighted by molar-refractivity contribution is 0.561. The van der Waals surface area contributed by atoms with Gasteiger partial charge in [0.1, 0.15) is 0 Å². The van der Waals surface area contributed by atoms with E-state index in [0.717, 1.165) is 5.56 Å². The van der Waals surface area contributed by atoms with E-state index < -0.39 is 14.6 Å². The average molecular weight is 263 g/mol. The maximum Gasteiger partial charge on any atom is 0.163 e. The molecule has 1 aliphatic rings. The highest BCUT2D eigenvalue weighted by Crippen LogP contribution is 2.30. The van der Waals surface area contributed by atoms with Crippen molar-refractivity contribution < 1.29 is 8.42 Å². The fourth-order valence-electron chi connectivity index (χ4n) is 1.92. The minimum atomic E-state index is -3.25. The van der Waals surface area contributed by atoms with E-state index in [0.29, 0.717) is 12.1 Å². The van der Waals surface area contributed by atoms with E-state index in [1.54, 1.807) is 25.2 Å². The fraction of sp³-hybridized carbons (Fsp3) is 0.286. The van der Waals surface area contributed by atoms with Crippen LogP contribution in [-0.4, -0.2) is 13.2 Å². The van der Waals surface area contributed by atoms with Gasteiger partial charge in [0.2, 0.25) is 0 Å². The maximum absolute atomic E-state index is 12.5. The van der Waals surface area contributed by atoms with Gasteiger partial charge in [0, 0.05) is 5.70 Å². The van der Waals surface area contributed by atoms with Gasteiger partial charge in [0.05, 0.1) is 10.5 Å². The number of hydrogen-bond acceptors (Lipinski definition) is 3. The smallest absolute Gasteiger partial charge is 0.163 e. The largest absolute Gasteiger partial charge is 0.399 e. The third-order valence-electron chi connectivity index (χ3n) is 3.28. The molecule has 0 fully saturated rings. The number of benzene rings is 1. The van der Waals surface area contributed by atoms with Gasteiger partial charge in [-0.3, -0.25) is 0 Å². The Kier molecular flexibility index (Phi) is 3.30. The predicted molar refractivity (Wildman–Crippen MR) is 73.5 cm³/mol. The third kappa shape index (κ3) is 2.48. The second-order valence-electron chi connectivity index (χ2n) is 4.80. The zero-order valence-electron chi connectivity index (χ0n) is 10.3. The van der Waals surface area contributed by atoms with Gasteiger partial charge in [-0.05, 0) is 25.0 Å². The highest BCUT2D eigenvalue weighted by atomic mass is 32.2. The molecule has 0 saturated carbocycles. The summed E-state index contributed by atoms with van der Waals surface area (Å²) in [5.74, 6) is 0.0580. The van der Waals surface area contributed by atoms with E-state index in [9.17, 15) is 8.42 Å². The zero-order chi connectivity index (χ0) is 13.2. The predicted octanol–water partition coefficient (Wildman–Crippen LogP) is 2.16. The van der Waals surface area contributed by atoms with E-state index in [4.69, 9.17) is 5.73 Å².